The maximum Gasteiger partial charge on any atom is 0.309 e. The smallest absolute Gasteiger partial charge is 0.309 e. The molecule has 1 amide bonds. The minimum atomic E-state index is -0.839. The lowest BCUT2D eigenvalue weighted by molar-refractivity contribution is -0.143. The number of hydrogen-bond acceptors (Lipinski definition) is 6. The Labute approximate surface area is 212 Å². The molecule has 8 nitrogen and oxygen atoms in total. The summed E-state index contributed by atoms with van der Waals surface area (Å²) in [5, 5.41) is 10.4. The number of carboxylic acid groups (broad SMARTS) is 1. The topological polar surface area (TPSA) is 88.5 Å². The number of aliphatic carboxylic acids is 1. The molecular formula is C28H36N2O6. The van der Waals surface area contributed by atoms with Gasteiger partial charge in [-0.25, -0.2) is 0 Å². The van der Waals surface area contributed by atoms with E-state index in [1.807, 2.05) is 54.3 Å². The highest BCUT2D eigenvalue weighted by molar-refractivity contribution is 5.76. The molecule has 194 valence electrons. The number of fused-ring (bicyclic) bond motifs is 1. The second kappa shape index (κ2) is 11.6. The number of carbonyl (C=O) groups is 2. The van der Waals surface area contributed by atoms with Crippen LogP contribution in [-0.4, -0.2) is 66.9 Å². The first-order chi connectivity index (χ1) is 17.5. The standard InChI is InChI=1S/C28H36N2O6/c1-4-6-25(31)29(13-5-2)14-15-30-17-22(20-9-12-23-24(16-20)36-18-35-23)26(28(32)33)27(30)19-7-10-21(34-3)11-8-19/h7-12,16,22,26-27H,4-6,13-15,17-18H2,1-3H3,(H,32,33)/t22-,26+,27-/m1/s1. The fourth-order valence-corrected chi connectivity index (χ4v) is 5.39. The van der Waals surface area contributed by atoms with Crippen molar-refractivity contribution in [1.29, 1.82) is 0 Å². The first-order valence-corrected chi connectivity index (χ1v) is 12.7. The van der Waals surface area contributed by atoms with E-state index < -0.39 is 11.9 Å². The van der Waals surface area contributed by atoms with Gasteiger partial charge in [0.25, 0.3) is 0 Å². The van der Waals surface area contributed by atoms with Crippen molar-refractivity contribution >= 4 is 11.9 Å². The second-order valence-corrected chi connectivity index (χ2v) is 9.43. The van der Waals surface area contributed by atoms with Gasteiger partial charge in [0.1, 0.15) is 5.75 Å². The van der Waals surface area contributed by atoms with Crippen molar-refractivity contribution in [3.05, 3.63) is 53.6 Å². The van der Waals surface area contributed by atoms with E-state index >= 15 is 0 Å². The number of rotatable bonds is 11. The molecule has 2 aliphatic rings. The fraction of sp³-hybridized carbons (Fsp3) is 0.500. The van der Waals surface area contributed by atoms with Crippen LogP contribution in [0.1, 0.15) is 56.2 Å². The van der Waals surface area contributed by atoms with Crippen LogP contribution < -0.4 is 14.2 Å². The van der Waals surface area contributed by atoms with E-state index in [2.05, 4.69) is 11.8 Å². The molecule has 2 aromatic rings. The third-order valence-electron chi connectivity index (χ3n) is 7.13. The molecule has 0 aromatic heterocycles. The summed E-state index contributed by atoms with van der Waals surface area (Å²) in [6.45, 7) is 6.68. The SMILES string of the molecule is CCCC(=O)N(CCC)CCN1C[C@H](c2ccc3c(c2)OCO3)[C@H](C(=O)O)[C@H]1c1ccc(OC)cc1. The van der Waals surface area contributed by atoms with E-state index in [1.54, 1.807) is 7.11 Å². The van der Waals surface area contributed by atoms with Gasteiger partial charge < -0.3 is 24.2 Å². The normalized spacial score (nSPS) is 20.9. The van der Waals surface area contributed by atoms with E-state index in [0.29, 0.717) is 44.1 Å². The molecule has 0 spiro atoms. The Bertz CT molecular complexity index is 1060. The maximum atomic E-state index is 12.7. The fourth-order valence-electron chi connectivity index (χ4n) is 5.39. The van der Waals surface area contributed by atoms with Gasteiger partial charge in [0.2, 0.25) is 12.7 Å². The molecule has 2 aromatic carbocycles. The first kappa shape index (κ1) is 25.8. The molecule has 0 bridgehead atoms. The number of hydrogen-bond donors (Lipinski definition) is 1. The Morgan fingerprint density at radius 1 is 1.03 bits per heavy atom. The van der Waals surface area contributed by atoms with Crippen LogP contribution in [0, 0.1) is 5.92 Å². The van der Waals surface area contributed by atoms with Crippen LogP contribution in [0.3, 0.4) is 0 Å². The maximum absolute atomic E-state index is 12.7. The van der Waals surface area contributed by atoms with Crippen LogP contribution in [0.15, 0.2) is 42.5 Å². The molecule has 0 aliphatic carbocycles. The molecule has 4 rings (SSSR count). The van der Waals surface area contributed by atoms with Crippen LogP contribution in [0.2, 0.25) is 0 Å². The third kappa shape index (κ3) is 5.43. The van der Waals surface area contributed by atoms with Crippen molar-refractivity contribution in [2.45, 2.75) is 45.1 Å². The summed E-state index contributed by atoms with van der Waals surface area (Å²) in [5.74, 6) is 0.462. The molecule has 2 heterocycles. The average molecular weight is 497 g/mol. The van der Waals surface area contributed by atoms with E-state index in [0.717, 1.165) is 29.7 Å². The van der Waals surface area contributed by atoms with Gasteiger partial charge in [-0.05, 0) is 48.2 Å². The molecule has 1 N–H and O–H groups in total. The highest BCUT2D eigenvalue weighted by Crippen LogP contribution is 2.47. The number of amides is 1. The molecule has 1 fully saturated rings. The van der Waals surface area contributed by atoms with Gasteiger partial charge in [0.05, 0.1) is 13.0 Å². The molecular weight excluding hydrogens is 460 g/mol. The summed E-state index contributed by atoms with van der Waals surface area (Å²) in [7, 11) is 1.61. The van der Waals surface area contributed by atoms with E-state index in [1.165, 1.54) is 0 Å². The highest BCUT2D eigenvalue weighted by Gasteiger charge is 2.47. The third-order valence-corrected chi connectivity index (χ3v) is 7.13. The van der Waals surface area contributed by atoms with Crippen LogP contribution in [-0.2, 0) is 9.59 Å². The zero-order valence-corrected chi connectivity index (χ0v) is 21.3. The molecule has 2 aliphatic heterocycles. The van der Waals surface area contributed by atoms with Crippen molar-refractivity contribution in [2.75, 3.05) is 40.1 Å². The lowest BCUT2D eigenvalue weighted by Crippen LogP contribution is -2.39. The van der Waals surface area contributed by atoms with Crippen LogP contribution in [0.5, 0.6) is 17.2 Å². The average Bonchev–Trinajstić information content (AvgIpc) is 3.51. The number of nitrogens with zero attached hydrogens (tertiary/aromatic N) is 2. The van der Waals surface area contributed by atoms with Crippen LogP contribution >= 0.6 is 0 Å². The van der Waals surface area contributed by atoms with E-state index in [-0.39, 0.29) is 24.7 Å². The number of carboxylic acids is 1. The molecule has 0 unspecified atom stereocenters. The Kier molecular flexibility index (Phi) is 8.36. The van der Waals surface area contributed by atoms with Gasteiger partial charge in [-0.1, -0.05) is 32.0 Å². The van der Waals surface area contributed by atoms with Gasteiger partial charge in [-0.3, -0.25) is 14.5 Å². The van der Waals surface area contributed by atoms with Gasteiger partial charge >= 0.3 is 5.97 Å². The minimum Gasteiger partial charge on any atom is -0.497 e. The van der Waals surface area contributed by atoms with Crippen molar-refractivity contribution in [3.8, 4) is 17.2 Å². The summed E-state index contributed by atoms with van der Waals surface area (Å²) in [5.41, 5.74) is 1.84. The lowest BCUT2D eigenvalue weighted by atomic mass is 9.82. The number of ether oxygens (including phenoxy) is 3. The molecule has 0 saturated carbocycles. The molecule has 3 atom stereocenters. The molecule has 8 heteroatoms. The Balaban J connectivity index is 1.66. The highest BCUT2D eigenvalue weighted by atomic mass is 16.7. The van der Waals surface area contributed by atoms with Crippen molar-refractivity contribution < 1.29 is 28.9 Å². The zero-order chi connectivity index (χ0) is 25.7. The van der Waals surface area contributed by atoms with Crippen molar-refractivity contribution in [2.24, 2.45) is 5.92 Å². The van der Waals surface area contributed by atoms with Gasteiger partial charge in [0, 0.05) is 44.6 Å². The predicted molar refractivity (Wildman–Crippen MR) is 136 cm³/mol. The van der Waals surface area contributed by atoms with Gasteiger partial charge in [-0.2, -0.15) is 0 Å². The Morgan fingerprint density at radius 2 is 1.75 bits per heavy atom. The number of carbonyl (C=O) groups excluding carboxylic acids is 1. The largest absolute Gasteiger partial charge is 0.497 e. The first-order valence-electron chi connectivity index (χ1n) is 12.7. The summed E-state index contributed by atoms with van der Waals surface area (Å²) in [6.07, 6.45) is 2.22. The molecule has 36 heavy (non-hydrogen) atoms. The quantitative estimate of drug-likeness (QED) is 0.496. The van der Waals surface area contributed by atoms with Gasteiger partial charge in [-0.15, -0.1) is 0 Å². The molecule has 1 saturated heterocycles. The monoisotopic (exact) mass is 496 g/mol. The van der Waals surface area contributed by atoms with Crippen LogP contribution in [0.25, 0.3) is 0 Å². The zero-order valence-electron chi connectivity index (χ0n) is 21.3. The van der Waals surface area contributed by atoms with Gasteiger partial charge in [0.15, 0.2) is 11.5 Å². The Hall–Kier alpha value is -3.26. The lowest BCUT2D eigenvalue weighted by Gasteiger charge is -2.30. The Morgan fingerprint density at radius 3 is 2.42 bits per heavy atom. The van der Waals surface area contributed by atoms with Crippen molar-refractivity contribution in [3.63, 3.8) is 0 Å². The molecule has 0 radical (unpaired) electrons. The number of benzene rings is 2. The van der Waals surface area contributed by atoms with E-state index in [4.69, 9.17) is 14.2 Å². The summed E-state index contributed by atoms with van der Waals surface area (Å²) < 4.78 is 16.3. The number of methoxy groups -OCH3 is 1. The van der Waals surface area contributed by atoms with Crippen molar-refractivity contribution in [1.82, 2.24) is 9.80 Å². The summed E-state index contributed by atoms with van der Waals surface area (Å²) >= 11 is 0. The van der Waals surface area contributed by atoms with E-state index in [9.17, 15) is 14.7 Å². The van der Waals surface area contributed by atoms with Crippen LogP contribution in [0.4, 0.5) is 0 Å². The second-order valence-electron chi connectivity index (χ2n) is 9.43. The summed E-state index contributed by atoms with van der Waals surface area (Å²) in [4.78, 5) is 29.6. The summed E-state index contributed by atoms with van der Waals surface area (Å²) in [6, 6.07) is 13.0. The number of likely N-dealkylation sites (tertiary alicyclic amines) is 1. The minimum absolute atomic E-state index is 0.154. The predicted octanol–water partition coefficient (Wildman–Crippen LogP) is 4.30.